The number of hydrogen-bond acceptors (Lipinski definition) is 3. The van der Waals surface area contributed by atoms with Crippen LogP contribution in [0, 0.1) is 0 Å². The first-order chi connectivity index (χ1) is 5.07. The van der Waals surface area contributed by atoms with Crippen molar-refractivity contribution in [1.29, 1.82) is 0 Å². The molecule has 0 rings (SSSR count). The Labute approximate surface area is 65.3 Å². The van der Waals surface area contributed by atoms with E-state index in [0.717, 1.165) is 0 Å². The van der Waals surface area contributed by atoms with Crippen LogP contribution in [0.2, 0.25) is 0 Å². The van der Waals surface area contributed by atoms with Gasteiger partial charge in [-0.3, -0.25) is 0 Å². The van der Waals surface area contributed by atoms with E-state index in [9.17, 15) is 4.79 Å². The second-order valence-corrected chi connectivity index (χ2v) is 2.37. The van der Waals surface area contributed by atoms with E-state index in [2.05, 4.69) is 0 Å². The van der Waals surface area contributed by atoms with Crippen molar-refractivity contribution in [3.63, 3.8) is 0 Å². The van der Waals surface area contributed by atoms with Crippen LogP contribution in [-0.2, 0) is 4.79 Å². The van der Waals surface area contributed by atoms with Gasteiger partial charge in [-0.1, -0.05) is 6.08 Å². The van der Waals surface area contributed by atoms with Gasteiger partial charge >= 0.3 is 5.97 Å². The first-order valence-electron chi connectivity index (χ1n) is 3.34. The van der Waals surface area contributed by atoms with Gasteiger partial charge in [0.05, 0.1) is 6.61 Å². The maximum absolute atomic E-state index is 10.2. The predicted molar refractivity (Wildman–Crippen MR) is 41.1 cm³/mol. The van der Waals surface area contributed by atoms with Gasteiger partial charge in [0.15, 0.2) is 0 Å². The highest BCUT2D eigenvalue weighted by molar-refractivity contribution is 5.85. The van der Waals surface area contributed by atoms with Gasteiger partial charge in [-0.05, 0) is 13.3 Å². The number of aliphatic carboxylic acids is 1. The summed E-state index contributed by atoms with van der Waals surface area (Å²) >= 11 is 0. The molecule has 64 valence electrons. The molecule has 0 aromatic heterocycles. The summed E-state index contributed by atoms with van der Waals surface area (Å²) in [6, 6.07) is -0.357. The molecule has 0 aromatic carbocycles. The molecule has 0 aliphatic carbocycles. The number of hydrogen-bond donors (Lipinski definition) is 3. The summed E-state index contributed by atoms with van der Waals surface area (Å²) in [5.41, 5.74) is 5.59. The number of nitrogens with two attached hydrogens (primary N) is 1. The maximum Gasteiger partial charge on any atom is 0.330 e. The van der Waals surface area contributed by atoms with Crippen molar-refractivity contribution in [2.45, 2.75) is 19.4 Å². The number of aliphatic hydroxyl groups excluding tert-OH is 1. The molecule has 1 unspecified atom stereocenters. The molecule has 0 aromatic rings. The van der Waals surface area contributed by atoms with Crippen LogP contribution in [0.1, 0.15) is 13.3 Å². The van der Waals surface area contributed by atoms with Gasteiger partial charge in [0, 0.05) is 11.6 Å². The van der Waals surface area contributed by atoms with E-state index >= 15 is 0 Å². The lowest BCUT2D eigenvalue weighted by Gasteiger charge is -2.02. The van der Waals surface area contributed by atoms with Crippen molar-refractivity contribution in [2.24, 2.45) is 5.73 Å². The van der Waals surface area contributed by atoms with Crippen LogP contribution in [-0.4, -0.2) is 28.8 Å². The van der Waals surface area contributed by atoms with Crippen molar-refractivity contribution in [3.8, 4) is 0 Å². The first-order valence-corrected chi connectivity index (χ1v) is 3.34. The Morgan fingerprint density at radius 1 is 1.73 bits per heavy atom. The van der Waals surface area contributed by atoms with Gasteiger partial charge in [0.1, 0.15) is 0 Å². The molecule has 0 spiro atoms. The average Bonchev–Trinajstić information content (AvgIpc) is 1.99. The standard InChI is InChI=1S/C7H13NO3/c1-5(7(10)11)2-3-6(8)4-9/h2,6,9H,3-4,8H2,1H3,(H,10,11). The summed E-state index contributed by atoms with van der Waals surface area (Å²) in [6.45, 7) is 1.37. The summed E-state index contributed by atoms with van der Waals surface area (Å²) in [7, 11) is 0. The Morgan fingerprint density at radius 3 is 2.64 bits per heavy atom. The number of carbonyl (C=O) groups is 1. The zero-order chi connectivity index (χ0) is 8.85. The quantitative estimate of drug-likeness (QED) is 0.493. The zero-order valence-electron chi connectivity index (χ0n) is 6.45. The molecular formula is C7H13NO3. The summed E-state index contributed by atoms with van der Waals surface area (Å²) in [4.78, 5) is 10.2. The van der Waals surface area contributed by atoms with Crippen molar-refractivity contribution in [1.82, 2.24) is 0 Å². The molecular weight excluding hydrogens is 146 g/mol. The Bertz CT molecular complexity index is 165. The lowest BCUT2D eigenvalue weighted by molar-refractivity contribution is -0.132. The van der Waals surface area contributed by atoms with Crippen LogP contribution >= 0.6 is 0 Å². The molecule has 0 heterocycles. The fourth-order valence-electron chi connectivity index (χ4n) is 0.490. The smallest absolute Gasteiger partial charge is 0.330 e. The molecule has 11 heavy (non-hydrogen) atoms. The van der Waals surface area contributed by atoms with Crippen LogP contribution in [0.4, 0.5) is 0 Å². The van der Waals surface area contributed by atoms with Gasteiger partial charge < -0.3 is 15.9 Å². The second-order valence-electron chi connectivity index (χ2n) is 2.37. The summed E-state index contributed by atoms with van der Waals surface area (Å²) in [5, 5.41) is 16.9. The van der Waals surface area contributed by atoms with Crippen molar-refractivity contribution < 1.29 is 15.0 Å². The molecule has 0 saturated heterocycles. The topological polar surface area (TPSA) is 83.5 Å². The largest absolute Gasteiger partial charge is 0.478 e. The highest BCUT2D eigenvalue weighted by atomic mass is 16.4. The fourth-order valence-corrected chi connectivity index (χ4v) is 0.490. The third kappa shape index (κ3) is 4.52. The summed E-state index contributed by atoms with van der Waals surface area (Å²) in [5.74, 6) is -0.949. The van der Waals surface area contributed by atoms with Gasteiger partial charge in [-0.15, -0.1) is 0 Å². The normalized spacial score (nSPS) is 14.6. The highest BCUT2D eigenvalue weighted by Gasteiger charge is 2.01. The van der Waals surface area contributed by atoms with Crippen molar-refractivity contribution in [2.75, 3.05) is 6.61 Å². The van der Waals surface area contributed by atoms with Crippen LogP contribution < -0.4 is 5.73 Å². The summed E-state index contributed by atoms with van der Waals surface area (Å²) in [6.07, 6.45) is 1.90. The minimum Gasteiger partial charge on any atom is -0.478 e. The van der Waals surface area contributed by atoms with E-state index in [4.69, 9.17) is 15.9 Å². The van der Waals surface area contributed by atoms with Crippen LogP contribution in [0.5, 0.6) is 0 Å². The van der Waals surface area contributed by atoms with Crippen molar-refractivity contribution >= 4 is 5.97 Å². The molecule has 4 N–H and O–H groups in total. The highest BCUT2D eigenvalue weighted by Crippen LogP contribution is 1.97. The third-order valence-corrected chi connectivity index (χ3v) is 1.30. The average molecular weight is 159 g/mol. The summed E-state index contributed by atoms with van der Waals surface area (Å²) < 4.78 is 0. The Hall–Kier alpha value is -0.870. The molecule has 4 nitrogen and oxygen atoms in total. The molecule has 0 fully saturated rings. The maximum atomic E-state index is 10.2. The number of carboxylic acids is 1. The minimum atomic E-state index is -0.949. The Kier molecular flexibility index (Phi) is 4.49. The molecule has 1 atom stereocenters. The van der Waals surface area contributed by atoms with E-state index in [0.29, 0.717) is 6.42 Å². The number of rotatable bonds is 4. The van der Waals surface area contributed by atoms with Crippen LogP contribution in [0.25, 0.3) is 0 Å². The lowest BCUT2D eigenvalue weighted by Crippen LogP contribution is -2.23. The van der Waals surface area contributed by atoms with Crippen molar-refractivity contribution in [3.05, 3.63) is 11.6 Å². The van der Waals surface area contributed by atoms with E-state index in [1.807, 2.05) is 0 Å². The van der Waals surface area contributed by atoms with Crippen LogP contribution in [0.15, 0.2) is 11.6 Å². The number of aliphatic hydroxyl groups is 1. The Morgan fingerprint density at radius 2 is 2.27 bits per heavy atom. The Balaban J connectivity index is 3.82. The van der Waals surface area contributed by atoms with Crippen LogP contribution in [0.3, 0.4) is 0 Å². The van der Waals surface area contributed by atoms with E-state index < -0.39 is 5.97 Å². The molecule has 0 aliphatic heterocycles. The number of carboxylic acid groups (broad SMARTS) is 1. The predicted octanol–water partition coefficient (Wildman–Crippen LogP) is -0.273. The molecule has 0 aliphatic rings. The first kappa shape index (κ1) is 10.1. The molecule has 0 saturated carbocycles. The minimum absolute atomic E-state index is 0.122. The molecule has 0 amide bonds. The van der Waals surface area contributed by atoms with E-state index in [-0.39, 0.29) is 18.2 Å². The van der Waals surface area contributed by atoms with E-state index in [1.54, 1.807) is 0 Å². The van der Waals surface area contributed by atoms with Gasteiger partial charge in [0.2, 0.25) is 0 Å². The van der Waals surface area contributed by atoms with Gasteiger partial charge in [-0.25, -0.2) is 4.79 Å². The monoisotopic (exact) mass is 159 g/mol. The SMILES string of the molecule is CC(=CCC(N)CO)C(=O)O. The molecule has 4 heteroatoms. The zero-order valence-corrected chi connectivity index (χ0v) is 6.45. The molecule has 0 bridgehead atoms. The van der Waals surface area contributed by atoms with Gasteiger partial charge in [-0.2, -0.15) is 0 Å². The third-order valence-electron chi connectivity index (χ3n) is 1.30. The van der Waals surface area contributed by atoms with Gasteiger partial charge in [0.25, 0.3) is 0 Å². The second kappa shape index (κ2) is 4.87. The van der Waals surface area contributed by atoms with E-state index in [1.165, 1.54) is 13.0 Å². The molecule has 0 radical (unpaired) electrons. The fraction of sp³-hybridized carbons (Fsp3) is 0.571. The lowest BCUT2D eigenvalue weighted by atomic mass is 10.2.